The second-order valence-corrected chi connectivity index (χ2v) is 3.69. The number of hydrogen-bond acceptors (Lipinski definition) is 2. The monoisotopic (exact) mass is 219 g/mol. The summed E-state index contributed by atoms with van der Waals surface area (Å²) in [5.74, 6) is 0.198. The van der Waals surface area contributed by atoms with Gasteiger partial charge in [-0.3, -0.25) is 5.10 Å². The Balaban J connectivity index is 2.52. The molecule has 1 heterocycles. The average molecular weight is 219 g/mol. The van der Waals surface area contributed by atoms with Crippen molar-refractivity contribution in [3.63, 3.8) is 0 Å². The molecule has 16 heavy (non-hydrogen) atoms. The van der Waals surface area contributed by atoms with Crippen molar-refractivity contribution in [3.8, 4) is 11.3 Å². The normalized spacial score (nSPS) is 10.6. The Hall–Kier alpha value is -1.84. The Morgan fingerprint density at radius 1 is 1.38 bits per heavy atom. The molecule has 1 aromatic carbocycles. The summed E-state index contributed by atoms with van der Waals surface area (Å²) in [6.07, 6.45) is 1.75. The van der Waals surface area contributed by atoms with Crippen LogP contribution in [-0.2, 0) is 6.42 Å². The third-order valence-corrected chi connectivity index (χ3v) is 2.54. The molecule has 0 aliphatic rings. The Morgan fingerprint density at radius 3 is 2.81 bits per heavy atom. The van der Waals surface area contributed by atoms with Crippen molar-refractivity contribution in [1.82, 2.24) is 10.2 Å². The first-order chi connectivity index (χ1) is 7.74. The van der Waals surface area contributed by atoms with Crippen LogP contribution in [0.5, 0.6) is 0 Å². The van der Waals surface area contributed by atoms with Gasteiger partial charge < -0.3 is 5.73 Å². The highest BCUT2D eigenvalue weighted by molar-refractivity contribution is 5.68. The molecule has 3 nitrogen and oxygen atoms in total. The zero-order valence-corrected chi connectivity index (χ0v) is 9.13. The molecular formula is C12H14FN3. The van der Waals surface area contributed by atoms with Crippen molar-refractivity contribution in [3.05, 3.63) is 35.6 Å². The minimum absolute atomic E-state index is 0.261. The second-order valence-electron chi connectivity index (χ2n) is 3.69. The number of nitrogens with zero attached hydrogens (tertiary/aromatic N) is 1. The smallest absolute Gasteiger partial charge is 0.149 e. The quantitative estimate of drug-likeness (QED) is 0.834. The molecule has 3 N–H and O–H groups in total. The van der Waals surface area contributed by atoms with Crippen LogP contribution in [0.1, 0.15) is 18.9 Å². The van der Waals surface area contributed by atoms with Gasteiger partial charge in [-0.1, -0.05) is 25.5 Å². The van der Waals surface area contributed by atoms with Gasteiger partial charge in [-0.25, -0.2) is 4.39 Å². The predicted molar refractivity (Wildman–Crippen MR) is 62.4 cm³/mol. The van der Waals surface area contributed by atoms with Crippen LogP contribution in [0.3, 0.4) is 0 Å². The topological polar surface area (TPSA) is 54.7 Å². The van der Waals surface area contributed by atoms with E-state index in [0.717, 1.165) is 18.4 Å². The van der Waals surface area contributed by atoms with E-state index in [2.05, 4.69) is 17.1 Å². The second kappa shape index (κ2) is 4.35. The van der Waals surface area contributed by atoms with E-state index in [9.17, 15) is 4.39 Å². The highest BCUT2D eigenvalue weighted by Gasteiger charge is 2.14. The molecule has 0 saturated heterocycles. The number of H-pyrrole nitrogens is 1. The number of aromatic nitrogens is 2. The Morgan fingerprint density at radius 2 is 2.12 bits per heavy atom. The zero-order chi connectivity index (χ0) is 11.5. The maximum absolute atomic E-state index is 13.6. The van der Waals surface area contributed by atoms with Crippen molar-refractivity contribution < 1.29 is 4.39 Å². The van der Waals surface area contributed by atoms with Crippen molar-refractivity contribution >= 4 is 5.82 Å². The third kappa shape index (κ3) is 1.78. The highest BCUT2D eigenvalue weighted by atomic mass is 19.1. The molecule has 4 heteroatoms. The molecule has 0 atom stereocenters. The molecule has 0 bridgehead atoms. The minimum atomic E-state index is -0.261. The lowest BCUT2D eigenvalue weighted by atomic mass is 10.0. The van der Waals surface area contributed by atoms with Gasteiger partial charge in [0.15, 0.2) is 0 Å². The minimum Gasteiger partial charge on any atom is -0.382 e. The predicted octanol–water partition coefficient (Wildman–Crippen LogP) is 2.75. The van der Waals surface area contributed by atoms with E-state index in [-0.39, 0.29) is 5.82 Å². The summed E-state index contributed by atoms with van der Waals surface area (Å²) >= 11 is 0. The maximum atomic E-state index is 13.6. The molecule has 0 saturated carbocycles. The van der Waals surface area contributed by atoms with Gasteiger partial charge in [-0.15, -0.1) is 0 Å². The van der Waals surface area contributed by atoms with Gasteiger partial charge in [0, 0.05) is 11.1 Å². The van der Waals surface area contributed by atoms with Crippen LogP contribution >= 0.6 is 0 Å². The van der Waals surface area contributed by atoms with E-state index in [1.54, 1.807) is 18.2 Å². The Kier molecular flexibility index (Phi) is 2.90. The molecule has 0 spiro atoms. The summed E-state index contributed by atoms with van der Waals surface area (Å²) in [6, 6.07) is 6.62. The van der Waals surface area contributed by atoms with E-state index in [1.807, 2.05) is 0 Å². The van der Waals surface area contributed by atoms with E-state index < -0.39 is 0 Å². The molecule has 1 aromatic heterocycles. The first-order valence-corrected chi connectivity index (χ1v) is 5.31. The number of hydrogen-bond donors (Lipinski definition) is 2. The number of nitrogen functional groups attached to an aromatic ring is 1. The summed E-state index contributed by atoms with van der Waals surface area (Å²) < 4.78 is 13.6. The maximum Gasteiger partial charge on any atom is 0.149 e. The standard InChI is InChI=1S/C12H14FN3/c1-2-5-9-11(15-16-12(9)14)8-6-3-4-7-10(8)13/h3-4,6-7H,2,5H2,1H3,(H3,14,15,16). The molecule has 0 unspecified atom stereocenters. The summed E-state index contributed by atoms with van der Waals surface area (Å²) in [5.41, 5.74) is 7.86. The van der Waals surface area contributed by atoms with Gasteiger partial charge in [-0.05, 0) is 18.6 Å². The van der Waals surface area contributed by atoms with Gasteiger partial charge in [0.25, 0.3) is 0 Å². The van der Waals surface area contributed by atoms with Crippen LogP contribution in [-0.4, -0.2) is 10.2 Å². The number of nitrogens with one attached hydrogen (secondary N) is 1. The van der Waals surface area contributed by atoms with E-state index in [4.69, 9.17) is 5.73 Å². The van der Waals surface area contributed by atoms with Crippen molar-refractivity contribution in [2.75, 3.05) is 5.73 Å². The Labute approximate surface area is 93.5 Å². The molecule has 2 rings (SSSR count). The summed E-state index contributed by atoms with van der Waals surface area (Å²) in [5, 5.41) is 6.74. The highest BCUT2D eigenvalue weighted by Crippen LogP contribution is 2.28. The third-order valence-electron chi connectivity index (χ3n) is 2.54. The number of anilines is 1. The molecule has 0 radical (unpaired) electrons. The fourth-order valence-corrected chi connectivity index (χ4v) is 1.77. The van der Waals surface area contributed by atoms with Gasteiger partial charge >= 0.3 is 0 Å². The van der Waals surface area contributed by atoms with Crippen LogP contribution < -0.4 is 5.73 Å². The number of rotatable bonds is 3. The molecule has 0 aliphatic heterocycles. The van der Waals surface area contributed by atoms with Crippen molar-refractivity contribution in [2.45, 2.75) is 19.8 Å². The molecule has 0 aliphatic carbocycles. The molecule has 2 aromatic rings. The van der Waals surface area contributed by atoms with Gasteiger partial charge in [-0.2, -0.15) is 5.10 Å². The average Bonchev–Trinajstić information content (AvgIpc) is 2.62. The van der Waals surface area contributed by atoms with Crippen LogP contribution in [0.2, 0.25) is 0 Å². The number of benzene rings is 1. The van der Waals surface area contributed by atoms with Gasteiger partial charge in [0.05, 0.1) is 5.69 Å². The number of halogens is 1. The lowest BCUT2D eigenvalue weighted by molar-refractivity contribution is 0.630. The Bertz CT molecular complexity index is 491. The van der Waals surface area contributed by atoms with Crippen LogP contribution in [0.4, 0.5) is 10.2 Å². The first kappa shape index (κ1) is 10.7. The van der Waals surface area contributed by atoms with Crippen LogP contribution in [0, 0.1) is 5.82 Å². The number of aromatic amines is 1. The van der Waals surface area contributed by atoms with Gasteiger partial charge in [0.1, 0.15) is 11.6 Å². The van der Waals surface area contributed by atoms with E-state index in [0.29, 0.717) is 17.1 Å². The number of nitrogens with two attached hydrogens (primary N) is 1. The molecule has 0 fully saturated rings. The zero-order valence-electron chi connectivity index (χ0n) is 9.13. The fraction of sp³-hybridized carbons (Fsp3) is 0.250. The van der Waals surface area contributed by atoms with Crippen molar-refractivity contribution in [1.29, 1.82) is 0 Å². The molecule has 84 valence electrons. The van der Waals surface area contributed by atoms with Gasteiger partial charge in [0.2, 0.25) is 0 Å². The summed E-state index contributed by atoms with van der Waals surface area (Å²) in [7, 11) is 0. The van der Waals surface area contributed by atoms with Crippen molar-refractivity contribution in [2.24, 2.45) is 0 Å². The lowest BCUT2D eigenvalue weighted by Crippen LogP contribution is -1.93. The lowest BCUT2D eigenvalue weighted by Gasteiger charge is -2.03. The largest absolute Gasteiger partial charge is 0.382 e. The SMILES string of the molecule is CCCc1c(N)n[nH]c1-c1ccccc1F. The molecular weight excluding hydrogens is 205 g/mol. The van der Waals surface area contributed by atoms with Crippen LogP contribution in [0.15, 0.2) is 24.3 Å². The first-order valence-electron chi connectivity index (χ1n) is 5.31. The van der Waals surface area contributed by atoms with E-state index >= 15 is 0 Å². The molecule has 0 amide bonds. The summed E-state index contributed by atoms with van der Waals surface area (Å²) in [6.45, 7) is 2.05. The van der Waals surface area contributed by atoms with E-state index in [1.165, 1.54) is 6.07 Å². The fourth-order valence-electron chi connectivity index (χ4n) is 1.77. The van der Waals surface area contributed by atoms with Crippen LogP contribution in [0.25, 0.3) is 11.3 Å². The summed E-state index contributed by atoms with van der Waals surface area (Å²) in [4.78, 5) is 0.